The Labute approximate surface area is 171 Å². The average Bonchev–Trinajstić information content (AvgIpc) is 3.20. The Morgan fingerprint density at radius 1 is 1.38 bits per heavy atom. The Kier molecular flexibility index (Phi) is 5.94. The number of rotatable bonds is 8. The summed E-state index contributed by atoms with van der Waals surface area (Å²) >= 11 is 0. The molecule has 4 heterocycles. The van der Waals surface area contributed by atoms with E-state index in [1.165, 1.54) is 0 Å². The lowest BCUT2D eigenvalue weighted by atomic mass is 9.75. The lowest BCUT2D eigenvalue weighted by molar-refractivity contribution is -0.142. The number of para-hydroxylation sites is 1. The number of likely N-dealkylation sites (N-methyl/N-ethyl adjacent to an activating group) is 1. The first kappa shape index (κ1) is 19.6. The quantitative estimate of drug-likeness (QED) is 0.642. The summed E-state index contributed by atoms with van der Waals surface area (Å²) in [6.45, 7) is 7.46. The van der Waals surface area contributed by atoms with Crippen LogP contribution in [0.25, 0.3) is 0 Å². The van der Waals surface area contributed by atoms with Crippen molar-refractivity contribution in [1.82, 2.24) is 24.8 Å². The minimum atomic E-state index is 0.107. The van der Waals surface area contributed by atoms with E-state index in [9.17, 15) is 4.79 Å². The van der Waals surface area contributed by atoms with Gasteiger partial charge in [0.15, 0.2) is 0 Å². The van der Waals surface area contributed by atoms with Gasteiger partial charge in [0.1, 0.15) is 18.1 Å². The molecule has 7 heteroatoms. The molecule has 5 rings (SSSR count). The normalized spacial score (nSPS) is 25.6. The summed E-state index contributed by atoms with van der Waals surface area (Å²) in [6.07, 6.45) is 5.88. The van der Waals surface area contributed by atoms with E-state index in [0.717, 1.165) is 43.9 Å². The van der Waals surface area contributed by atoms with Crippen molar-refractivity contribution in [2.45, 2.75) is 32.0 Å². The lowest BCUT2D eigenvalue weighted by Gasteiger charge is -2.49. The number of ether oxygens (including phenoxy) is 1. The molecule has 1 amide bonds. The highest BCUT2D eigenvalue weighted by molar-refractivity contribution is 5.79. The van der Waals surface area contributed by atoms with Crippen LogP contribution in [0.3, 0.4) is 0 Å². The van der Waals surface area contributed by atoms with Crippen LogP contribution in [0.1, 0.15) is 18.5 Å². The molecule has 0 radical (unpaired) electrons. The van der Waals surface area contributed by atoms with E-state index in [2.05, 4.69) is 21.8 Å². The maximum Gasteiger partial charge on any atom is 0.227 e. The zero-order valence-electron chi connectivity index (χ0n) is 17.0. The van der Waals surface area contributed by atoms with Gasteiger partial charge in [0, 0.05) is 26.2 Å². The summed E-state index contributed by atoms with van der Waals surface area (Å²) in [6, 6.07) is 10.1. The van der Waals surface area contributed by atoms with Gasteiger partial charge in [-0.1, -0.05) is 29.5 Å². The summed E-state index contributed by atoms with van der Waals surface area (Å²) in [7, 11) is 1.87. The van der Waals surface area contributed by atoms with Gasteiger partial charge < -0.3 is 9.64 Å². The Morgan fingerprint density at radius 3 is 2.93 bits per heavy atom. The Bertz CT molecular complexity index is 837. The molecule has 4 unspecified atom stereocenters. The lowest BCUT2D eigenvalue weighted by Crippen LogP contribution is -2.58. The van der Waals surface area contributed by atoms with Gasteiger partial charge in [-0.15, -0.1) is 11.7 Å². The van der Waals surface area contributed by atoms with Gasteiger partial charge in [-0.05, 0) is 37.4 Å². The number of fused-ring (bicyclic) bond motifs is 3. The van der Waals surface area contributed by atoms with Crippen LogP contribution >= 0.6 is 0 Å². The number of benzene rings is 1. The van der Waals surface area contributed by atoms with Gasteiger partial charge in [0.25, 0.3) is 0 Å². The molecule has 2 bridgehead atoms. The zero-order valence-corrected chi connectivity index (χ0v) is 17.0. The summed E-state index contributed by atoms with van der Waals surface area (Å²) in [5.41, 5.74) is 0.823. The molecule has 7 nitrogen and oxygen atoms in total. The highest BCUT2D eigenvalue weighted by Crippen LogP contribution is 2.37. The van der Waals surface area contributed by atoms with Crippen LogP contribution in [0.15, 0.2) is 49.2 Å². The molecule has 1 aromatic carbocycles. The first-order chi connectivity index (χ1) is 14.1. The number of hydrogen-bond donors (Lipinski definition) is 0. The van der Waals surface area contributed by atoms with Crippen LogP contribution in [-0.2, 0) is 17.9 Å². The van der Waals surface area contributed by atoms with Crippen LogP contribution in [0.4, 0.5) is 0 Å². The maximum atomic E-state index is 12.7. The number of hydrogen-bond acceptors (Lipinski definition) is 5. The van der Waals surface area contributed by atoms with Crippen molar-refractivity contribution < 1.29 is 9.53 Å². The third kappa shape index (κ3) is 4.50. The molecule has 0 aliphatic carbocycles. The monoisotopic (exact) mass is 395 g/mol. The topological polar surface area (TPSA) is 63.5 Å². The molecule has 154 valence electrons. The van der Waals surface area contributed by atoms with E-state index in [1.807, 2.05) is 48.3 Å². The molecule has 2 aromatic rings. The number of carbonyl (C=O) groups excluding carboxylic acids is 1. The predicted octanol–water partition coefficient (Wildman–Crippen LogP) is 2.21. The van der Waals surface area contributed by atoms with Crippen molar-refractivity contribution in [2.24, 2.45) is 11.8 Å². The minimum Gasteiger partial charge on any atom is -0.487 e. The molecular weight excluding hydrogens is 366 g/mol. The molecule has 0 spiro atoms. The third-order valence-corrected chi connectivity index (χ3v) is 6.09. The van der Waals surface area contributed by atoms with Gasteiger partial charge in [0.05, 0.1) is 18.7 Å². The van der Waals surface area contributed by atoms with Crippen molar-refractivity contribution >= 4 is 5.91 Å². The fraction of sp³-hybridized carbons (Fsp3) is 0.500. The van der Waals surface area contributed by atoms with Gasteiger partial charge >= 0.3 is 0 Å². The van der Waals surface area contributed by atoms with Crippen molar-refractivity contribution in [2.75, 3.05) is 26.7 Å². The predicted molar refractivity (Wildman–Crippen MR) is 110 cm³/mol. The van der Waals surface area contributed by atoms with Crippen molar-refractivity contribution in [1.29, 1.82) is 0 Å². The molecule has 3 aliphatic rings. The SMILES string of the molecule is C=CCN(C)C(=O)C1CN2CCC1CC2Cn1cc(COc2ccccc2)nn1. The Morgan fingerprint density at radius 2 is 2.21 bits per heavy atom. The molecule has 29 heavy (non-hydrogen) atoms. The summed E-state index contributed by atoms with van der Waals surface area (Å²) in [5.74, 6) is 1.64. The number of nitrogens with zero attached hydrogens (tertiary/aromatic N) is 5. The number of amides is 1. The van der Waals surface area contributed by atoms with Gasteiger partial charge in [0.2, 0.25) is 5.91 Å². The van der Waals surface area contributed by atoms with Gasteiger partial charge in [-0.3, -0.25) is 14.4 Å². The van der Waals surface area contributed by atoms with Crippen molar-refractivity contribution in [3.8, 4) is 5.75 Å². The number of aromatic nitrogens is 3. The molecule has 3 fully saturated rings. The number of carbonyl (C=O) groups is 1. The Hall–Kier alpha value is -2.67. The van der Waals surface area contributed by atoms with E-state index in [-0.39, 0.29) is 11.8 Å². The molecule has 3 aliphatic heterocycles. The average molecular weight is 396 g/mol. The van der Waals surface area contributed by atoms with E-state index in [4.69, 9.17) is 4.74 Å². The minimum absolute atomic E-state index is 0.107. The molecule has 0 saturated carbocycles. The highest BCUT2D eigenvalue weighted by Gasteiger charge is 2.43. The van der Waals surface area contributed by atoms with Crippen molar-refractivity contribution in [3.63, 3.8) is 0 Å². The van der Waals surface area contributed by atoms with E-state index in [1.54, 1.807) is 11.0 Å². The number of piperidine rings is 3. The summed E-state index contributed by atoms with van der Waals surface area (Å²) in [4.78, 5) is 17.0. The van der Waals surface area contributed by atoms with Gasteiger partial charge in [-0.2, -0.15) is 0 Å². The zero-order chi connectivity index (χ0) is 20.2. The van der Waals surface area contributed by atoms with Crippen LogP contribution in [-0.4, -0.2) is 63.4 Å². The standard InChI is InChI=1S/C22H29N5O2/c1-3-10-25(2)22(28)21-15-26-11-9-17(21)12-19(26)14-27-13-18(23-24-27)16-29-20-7-5-4-6-8-20/h3-8,13,17,19,21H,1,9-12,14-16H2,2H3. The molecule has 3 saturated heterocycles. The fourth-order valence-corrected chi connectivity index (χ4v) is 4.56. The highest BCUT2D eigenvalue weighted by atomic mass is 16.5. The van der Waals surface area contributed by atoms with Crippen LogP contribution in [0, 0.1) is 11.8 Å². The maximum absolute atomic E-state index is 12.7. The molecule has 1 aromatic heterocycles. The molecular formula is C22H29N5O2. The van der Waals surface area contributed by atoms with Crippen molar-refractivity contribution in [3.05, 3.63) is 54.9 Å². The Balaban J connectivity index is 1.32. The van der Waals surface area contributed by atoms with E-state index >= 15 is 0 Å². The van der Waals surface area contributed by atoms with Crippen LogP contribution < -0.4 is 4.74 Å². The summed E-state index contributed by atoms with van der Waals surface area (Å²) < 4.78 is 7.66. The summed E-state index contributed by atoms with van der Waals surface area (Å²) in [5, 5.41) is 8.53. The third-order valence-electron chi connectivity index (χ3n) is 6.09. The molecule has 4 atom stereocenters. The van der Waals surface area contributed by atoms with Crippen LogP contribution in [0.5, 0.6) is 5.75 Å². The van der Waals surface area contributed by atoms with E-state index < -0.39 is 0 Å². The van der Waals surface area contributed by atoms with Gasteiger partial charge in [-0.25, -0.2) is 0 Å². The molecule has 0 N–H and O–H groups in total. The first-order valence-electron chi connectivity index (χ1n) is 10.3. The second-order valence-electron chi connectivity index (χ2n) is 8.08. The smallest absolute Gasteiger partial charge is 0.227 e. The second-order valence-corrected chi connectivity index (χ2v) is 8.08. The fourth-order valence-electron chi connectivity index (χ4n) is 4.56. The first-order valence-corrected chi connectivity index (χ1v) is 10.3. The van der Waals surface area contributed by atoms with E-state index in [0.29, 0.717) is 25.1 Å². The second kappa shape index (κ2) is 8.78. The largest absolute Gasteiger partial charge is 0.487 e. The van der Waals surface area contributed by atoms with Crippen LogP contribution in [0.2, 0.25) is 0 Å².